The number of H-pyrrole nitrogens is 1. The van der Waals surface area contributed by atoms with E-state index in [9.17, 15) is 4.39 Å². The lowest BCUT2D eigenvalue weighted by atomic mass is 10.1. The topological polar surface area (TPSA) is 31.9 Å². The summed E-state index contributed by atoms with van der Waals surface area (Å²) in [5, 5.41) is 0. The zero-order valence-corrected chi connectivity index (χ0v) is 11.6. The van der Waals surface area contributed by atoms with Crippen LogP contribution in [0, 0.1) is 12.7 Å². The van der Waals surface area contributed by atoms with Gasteiger partial charge in [0, 0.05) is 26.1 Å². The molecule has 0 bridgehead atoms. The van der Waals surface area contributed by atoms with E-state index in [0.717, 1.165) is 37.4 Å². The van der Waals surface area contributed by atoms with E-state index in [1.165, 1.54) is 23.5 Å². The van der Waals surface area contributed by atoms with Crippen LogP contribution in [0.1, 0.15) is 22.8 Å². The third-order valence-electron chi connectivity index (χ3n) is 3.57. The van der Waals surface area contributed by atoms with Crippen LogP contribution in [0.3, 0.4) is 0 Å². The Balaban J connectivity index is 1.58. The summed E-state index contributed by atoms with van der Waals surface area (Å²) in [6.07, 6.45) is 5.17. The Morgan fingerprint density at radius 3 is 2.95 bits per heavy atom. The monoisotopic (exact) mass is 271 g/mol. The number of fused-ring (bicyclic) bond motifs is 1. The first-order valence-corrected chi connectivity index (χ1v) is 6.89. The highest BCUT2D eigenvalue weighted by Crippen LogP contribution is 2.16. The fourth-order valence-corrected chi connectivity index (χ4v) is 2.56. The highest BCUT2D eigenvalue weighted by atomic mass is 19.1. The molecule has 1 N–H and O–H groups in total. The number of hydrogen-bond acceptors (Lipinski definition) is 2. The molecule has 0 fully saturated rings. The maximum absolute atomic E-state index is 12.8. The molecular formula is C16H18FN3. The number of nitrogens with zero attached hydrogens (tertiary/aromatic N) is 2. The summed E-state index contributed by atoms with van der Waals surface area (Å²) in [5.41, 5.74) is 3.48. The highest BCUT2D eigenvalue weighted by molar-refractivity contribution is 5.49. The number of aromatic amines is 1. The van der Waals surface area contributed by atoms with Crippen molar-refractivity contribution in [1.29, 1.82) is 0 Å². The van der Waals surface area contributed by atoms with E-state index < -0.39 is 0 Å². The number of halogens is 1. The third-order valence-corrected chi connectivity index (χ3v) is 3.57. The molecule has 0 unspecified atom stereocenters. The number of aryl methyl sites for hydroxylation is 1. The van der Waals surface area contributed by atoms with Gasteiger partial charge < -0.3 is 4.98 Å². The highest BCUT2D eigenvalue weighted by Gasteiger charge is 2.17. The Kier molecular flexibility index (Phi) is 3.65. The minimum atomic E-state index is -0.194. The Bertz CT molecular complexity index is 613. The molecule has 1 aromatic heterocycles. The van der Waals surface area contributed by atoms with E-state index in [-0.39, 0.29) is 5.82 Å². The van der Waals surface area contributed by atoms with Crippen molar-refractivity contribution in [2.75, 3.05) is 13.1 Å². The number of aromatic nitrogens is 2. The average Bonchev–Trinajstić information content (AvgIpc) is 2.80. The molecule has 0 spiro atoms. The van der Waals surface area contributed by atoms with Gasteiger partial charge in [-0.2, -0.15) is 0 Å². The van der Waals surface area contributed by atoms with Crippen LogP contribution in [-0.2, 0) is 13.0 Å². The molecular weight excluding hydrogens is 253 g/mol. The first-order valence-electron chi connectivity index (χ1n) is 6.89. The normalized spacial score (nSPS) is 15.7. The Labute approximate surface area is 118 Å². The van der Waals surface area contributed by atoms with Crippen LogP contribution in [0.5, 0.6) is 0 Å². The SMILES string of the molecule is Cc1nc2c([nH]1)CN(C/C=C/c1ccc(F)cc1)CC2. The standard InChI is InChI=1S/C16H18FN3/c1-12-18-15-8-10-20(11-16(15)19-12)9-2-3-13-4-6-14(17)7-5-13/h2-7H,8-11H2,1H3,(H,18,19)/b3-2+. The summed E-state index contributed by atoms with van der Waals surface area (Å²) in [6, 6.07) is 6.55. The predicted octanol–water partition coefficient (Wildman–Crippen LogP) is 2.93. The van der Waals surface area contributed by atoms with Crippen molar-refractivity contribution in [3.8, 4) is 0 Å². The number of benzene rings is 1. The van der Waals surface area contributed by atoms with Gasteiger partial charge >= 0.3 is 0 Å². The number of hydrogen-bond donors (Lipinski definition) is 1. The van der Waals surface area contributed by atoms with Gasteiger partial charge in [-0.3, -0.25) is 4.90 Å². The molecule has 4 heteroatoms. The van der Waals surface area contributed by atoms with Crippen LogP contribution in [0.15, 0.2) is 30.3 Å². The lowest BCUT2D eigenvalue weighted by Gasteiger charge is -2.24. The van der Waals surface area contributed by atoms with Crippen LogP contribution in [0.4, 0.5) is 4.39 Å². The second-order valence-electron chi connectivity index (χ2n) is 5.19. The van der Waals surface area contributed by atoms with E-state index in [4.69, 9.17) is 0 Å². The zero-order valence-electron chi connectivity index (χ0n) is 11.6. The van der Waals surface area contributed by atoms with E-state index in [1.54, 1.807) is 12.1 Å². The van der Waals surface area contributed by atoms with Gasteiger partial charge in [-0.15, -0.1) is 0 Å². The number of rotatable bonds is 3. The van der Waals surface area contributed by atoms with Crippen molar-refractivity contribution in [2.24, 2.45) is 0 Å². The molecule has 104 valence electrons. The van der Waals surface area contributed by atoms with E-state index >= 15 is 0 Å². The van der Waals surface area contributed by atoms with Crippen molar-refractivity contribution < 1.29 is 4.39 Å². The van der Waals surface area contributed by atoms with E-state index in [2.05, 4.69) is 20.9 Å². The molecule has 2 heterocycles. The minimum Gasteiger partial charge on any atom is -0.345 e. The molecule has 1 aromatic carbocycles. The second kappa shape index (κ2) is 5.59. The maximum atomic E-state index is 12.8. The lowest BCUT2D eigenvalue weighted by molar-refractivity contribution is 0.277. The summed E-state index contributed by atoms with van der Waals surface area (Å²) in [4.78, 5) is 10.2. The van der Waals surface area contributed by atoms with Crippen molar-refractivity contribution in [3.05, 3.63) is 58.9 Å². The molecule has 0 atom stereocenters. The molecule has 1 aliphatic rings. The van der Waals surface area contributed by atoms with Crippen LogP contribution in [0.2, 0.25) is 0 Å². The van der Waals surface area contributed by atoms with E-state index in [0.29, 0.717) is 0 Å². The smallest absolute Gasteiger partial charge is 0.123 e. The molecule has 0 aliphatic carbocycles. The van der Waals surface area contributed by atoms with Crippen LogP contribution >= 0.6 is 0 Å². The van der Waals surface area contributed by atoms with Gasteiger partial charge in [-0.05, 0) is 24.6 Å². The maximum Gasteiger partial charge on any atom is 0.123 e. The average molecular weight is 271 g/mol. The number of imidazole rings is 1. The Morgan fingerprint density at radius 2 is 2.15 bits per heavy atom. The zero-order chi connectivity index (χ0) is 13.9. The summed E-state index contributed by atoms with van der Waals surface area (Å²) in [5.74, 6) is 0.805. The minimum absolute atomic E-state index is 0.194. The van der Waals surface area contributed by atoms with Crippen LogP contribution < -0.4 is 0 Å². The molecule has 0 radical (unpaired) electrons. The Hall–Kier alpha value is -1.94. The second-order valence-corrected chi connectivity index (χ2v) is 5.19. The Morgan fingerprint density at radius 1 is 1.35 bits per heavy atom. The quantitative estimate of drug-likeness (QED) is 0.930. The fourth-order valence-electron chi connectivity index (χ4n) is 2.56. The van der Waals surface area contributed by atoms with Gasteiger partial charge in [0.15, 0.2) is 0 Å². The van der Waals surface area contributed by atoms with Crippen LogP contribution in [0.25, 0.3) is 6.08 Å². The summed E-state index contributed by atoms with van der Waals surface area (Å²) < 4.78 is 12.8. The number of nitrogens with one attached hydrogen (secondary N) is 1. The molecule has 0 amide bonds. The largest absolute Gasteiger partial charge is 0.345 e. The van der Waals surface area contributed by atoms with Crippen molar-refractivity contribution in [2.45, 2.75) is 19.9 Å². The molecule has 20 heavy (non-hydrogen) atoms. The molecule has 3 rings (SSSR count). The van der Waals surface area contributed by atoms with Gasteiger partial charge in [-0.1, -0.05) is 24.3 Å². The first kappa shape index (κ1) is 13.1. The molecule has 3 nitrogen and oxygen atoms in total. The third kappa shape index (κ3) is 2.96. The first-order chi connectivity index (χ1) is 9.70. The van der Waals surface area contributed by atoms with Gasteiger partial charge in [0.1, 0.15) is 11.6 Å². The molecule has 2 aromatic rings. The fraction of sp³-hybridized carbons (Fsp3) is 0.312. The molecule has 0 saturated heterocycles. The van der Waals surface area contributed by atoms with Crippen molar-refractivity contribution in [3.63, 3.8) is 0 Å². The summed E-state index contributed by atoms with van der Waals surface area (Å²) in [7, 11) is 0. The lowest BCUT2D eigenvalue weighted by Crippen LogP contribution is -2.30. The van der Waals surface area contributed by atoms with E-state index in [1.807, 2.05) is 13.0 Å². The summed E-state index contributed by atoms with van der Waals surface area (Å²) in [6.45, 7) is 4.85. The van der Waals surface area contributed by atoms with Crippen molar-refractivity contribution >= 4 is 6.08 Å². The van der Waals surface area contributed by atoms with Gasteiger partial charge in [0.05, 0.1) is 11.4 Å². The predicted molar refractivity (Wildman–Crippen MR) is 77.7 cm³/mol. The van der Waals surface area contributed by atoms with Gasteiger partial charge in [0.2, 0.25) is 0 Å². The molecule has 1 aliphatic heterocycles. The van der Waals surface area contributed by atoms with Gasteiger partial charge in [-0.25, -0.2) is 9.37 Å². The van der Waals surface area contributed by atoms with Crippen LogP contribution in [-0.4, -0.2) is 28.0 Å². The summed E-state index contributed by atoms with van der Waals surface area (Å²) >= 11 is 0. The van der Waals surface area contributed by atoms with Gasteiger partial charge in [0.25, 0.3) is 0 Å². The molecule has 0 saturated carbocycles. The van der Waals surface area contributed by atoms with Crippen molar-refractivity contribution in [1.82, 2.24) is 14.9 Å².